The molecule has 0 heterocycles. The third kappa shape index (κ3) is 11.8. The molecular weight excluding hydrogens is 188 g/mol. The average Bonchev–Trinajstić information content (AvgIpc) is 2.26. The minimum absolute atomic E-state index is 0.0189. The van der Waals surface area contributed by atoms with Gasteiger partial charge < -0.3 is 9.47 Å². The first-order valence-electron chi connectivity index (χ1n) is 6.24. The van der Waals surface area contributed by atoms with Crippen LogP contribution in [0.15, 0.2) is 0 Å². The summed E-state index contributed by atoms with van der Waals surface area (Å²) in [6, 6.07) is 0. The molecule has 0 N–H and O–H groups in total. The van der Waals surface area contributed by atoms with Gasteiger partial charge in [0.1, 0.15) is 0 Å². The minimum atomic E-state index is -0.0189. The van der Waals surface area contributed by atoms with Gasteiger partial charge in [0.05, 0.1) is 12.7 Å². The highest BCUT2D eigenvalue weighted by Gasteiger charge is 1.98. The van der Waals surface area contributed by atoms with Crippen molar-refractivity contribution in [3.63, 3.8) is 0 Å². The lowest BCUT2D eigenvalue weighted by atomic mass is 10.1. The molecule has 0 bridgehead atoms. The molecule has 2 nitrogen and oxygen atoms in total. The molecule has 1 unspecified atom stereocenters. The quantitative estimate of drug-likeness (QED) is 0.490. The second-order valence-corrected chi connectivity index (χ2v) is 4.05. The third-order valence-electron chi connectivity index (χ3n) is 2.53. The highest BCUT2D eigenvalue weighted by Crippen LogP contribution is 2.06. The molecule has 15 heavy (non-hydrogen) atoms. The second-order valence-electron chi connectivity index (χ2n) is 4.05. The normalized spacial score (nSPS) is 13.0. The van der Waals surface area contributed by atoms with Crippen LogP contribution in [0.2, 0.25) is 0 Å². The zero-order chi connectivity index (χ0) is 11.4. The second kappa shape index (κ2) is 12.0. The zero-order valence-electron chi connectivity index (χ0n) is 10.5. The number of hydrogen-bond donors (Lipinski definition) is 0. The van der Waals surface area contributed by atoms with Crippen molar-refractivity contribution in [1.29, 1.82) is 0 Å². The number of rotatable bonds is 11. The molecule has 1 radical (unpaired) electrons. The van der Waals surface area contributed by atoms with E-state index < -0.39 is 0 Å². The van der Waals surface area contributed by atoms with E-state index >= 15 is 0 Å². The van der Waals surface area contributed by atoms with E-state index in [0.29, 0.717) is 6.61 Å². The molecule has 0 saturated carbocycles. The standard InChI is InChI=1S/C13H27O2/c1-4-5-6-7-8-9-10-11-15-12-13(2)14-3/h13H,2,4-12H2,1,3H3. The lowest BCUT2D eigenvalue weighted by molar-refractivity contribution is 0.0303. The molecule has 0 rings (SSSR count). The van der Waals surface area contributed by atoms with Crippen molar-refractivity contribution >= 4 is 0 Å². The van der Waals surface area contributed by atoms with E-state index in [1.54, 1.807) is 7.11 Å². The van der Waals surface area contributed by atoms with Gasteiger partial charge in [-0.05, 0) is 13.3 Å². The van der Waals surface area contributed by atoms with Gasteiger partial charge in [0.15, 0.2) is 0 Å². The Morgan fingerprint density at radius 1 is 1.00 bits per heavy atom. The summed E-state index contributed by atoms with van der Waals surface area (Å²) < 4.78 is 10.4. The molecule has 0 aromatic rings. The summed E-state index contributed by atoms with van der Waals surface area (Å²) in [6.45, 7) is 7.49. The first kappa shape index (κ1) is 14.9. The average molecular weight is 215 g/mol. The number of methoxy groups -OCH3 is 1. The van der Waals surface area contributed by atoms with Crippen molar-refractivity contribution in [3.05, 3.63) is 6.92 Å². The van der Waals surface area contributed by atoms with Crippen LogP contribution in [0.3, 0.4) is 0 Å². The van der Waals surface area contributed by atoms with Crippen LogP contribution in [-0.2, 0) is 9.47 Å². The monoisotopic (exact) mass is 215 g/mol. The van der Waals surface area contributed by atoms with Crippen LogP contribution in [0.5, 0.6) is 0 Å². The van der Waals surface area contributed by atoms with Gasteiger partial charge in [0.2, 0.25) is 0 Å². The summed E-state index contributed by atoms with van der Waals surface area (Å²) in [5, 5.41) is 0. The van der Waals surface area contributed by atoms with E-state index in [2.05, 4.69) is 13.8 Å². The fraction of sp³-hybridized carbons (Fsp3) is 0.923. The third-order valence-corrected chi connectivity index (χ3v) is 2.53. The van der Waals surface area contributed by atoms with Crippen LogP contribution >= 0.6 is 0 Å². The summed E-state index contributed by atoms with van der Waals surface area (Å²) in [5.74, 6) is 0. The molecule has 0 aliphatic rings. The SMILES string of the molecule is [CH2]C(COCCCCCCCCC)OC. The van der Waals surface area contributed by atoms with Crippen LogP contribution in [0.4, 0.5) is 0 Å². The highest BCUT2D eigenvalue weighted by atomic mass is 16.5. The van der Waals surface area contributed by atoms with Crippen molar-refractivity contribution < 1.29 is 9.47 Å². The Bertz CT molecular complexity index is 115. The maximum absolute atomic E-state index is 5.43. The summed E-state index contributed by atoms with van der Waals surface area (Å²) >= 11 is 0. The Morgan fingerprint density at radius 3 is 2.20 bits per heavy atom. The van der Waals surface area contributed by atoms with E-state index in [-0.39, 0.29) is 6.10 Å². The van der Waals surface area contributed by atoms with Crippen molar-refractivity contribution in [1.82, 2.24) is 0 Å². The van der Waals surface area contributed by atoms with Gasteiger partial charge in [-0.3, -0.25) is 0 Å². The van der Waals surface area contributed by atoms with Crippen molar-refractivity contribution in [2.45, 2.75) is 58.0 Å². The maximum atomic E-state index is 5.43. The van der Waals surface area contributed by atoms with Crippen LogP contribution in [-0.4, -0.2) is 26.4 Å². The largest absolute Gasteiger partial charge is 0.379 e. The molecule has 0 amide bonds. The number of ether oxygens (including phenoxy) is 2. The molecule has 0 aromatic carbocycles. The molecule has 0 fully saturated rings. The predicted molar refractivity (Wildman–Crippen MR) is 65.0 cm³/mol. The summed E-state index contributed by atoms with van der Waals surface area (Å²) in [7, 11) is 1.66. The molecule has 0 aliphatic heterocycles. The Labute approximate surface area is 95.3 Å². The van der Waals surface area contributed by atoms with Crippen LogP contribution in [0.1, 0.15) is 51.9 Å². The molecule has 0 aromatic heterocycles. The van der Waals surface area contributed by atoms with Crippen molar-refractivity contribution in [3.8, 4) is 0 Å². The van der Waals surface area contributed by atoms with Gasteiger partial charge in [-0.15, -0.1) is 0 Å². The molecule has 0 saturated heterocycles. The smallest absolute Gasteiger partial charge is 0.0805 e. The molecule has 1 atom stereocenters. The fourth-order valence-corrected chi connectivity index (χ4v) is 1.44. The maximum Gasteiger partial charge on any atom is 0.0805 e. The topological polar surface area (TPSA) is 18.5 Å². The van der Waals surface area contributed by atoms with Gasteiger partial charge in [-0.25, -0.2) is 0 Å². The van der Waals surface area contributed by atoms with Crippen LogP contribution in [0, 0.1) is 6.92 Å². The lowest BCUT2D eigenvalue weighted by Crippen LogP contribution is -2.14. The van der Waals surface area contributed by atoms with Crippen LogP contribution < -0.4 is 0 Å². The zero-order valence-corrected chi connectivity index (χ0v) is 10.5. The fourth-order valence-electron chi connectivity index (χ4n) is 1.44. The summed E-state index contributed by atoms with van der Waals surface area (Å²) in [5.41, 5.74) is 0. The molecule has 0 aliphatic carbocycles. The van der Waals surface area contributed by atoms with E-state index in [9.17, 15) is 0 Å². The summed E-state index contributed by atoms with van der Waals surface area (Å²) in [6.07, 6.45) is 9.27. The van der Waals surface area contributed by atoms with Gasteiger partial charge >= 0.3 is 0 Å². The van der Waals surface area contributed by atoms with Crippen molar-refractivity contribution in [2.75, 3.05) is 20.3 Å². The first-order chi connectivity index (χ1) is 7.31. The van der Waals surface area contributed by atoms with E-state index in [1.807, 2.05) is 0 Å². The highest BCUT2D eigenvalue weighted by molar-refractivity contribution is 4.56. The Morgan fingerprint density at radius 2 is 1.60 bits per heavy atom. The predicted octanol–water partition coefficient (Wildman–Crippen LogP) is 3.60. The van der Waals surface area contributed by atoms with Crippen LogP contribution in [0.25, 0.3) is 0 Å². The number of unbranched alkanes of at least 4 members (excludes halogenated alkanes) is 6. The minimum Gasteiger partial charge on any atom is -0.379 e. The molecule has 91 valence electrons. The van der Waals surface area contributed by atoms with Gasteiger partial charge in [0, 0.05) is 13.7 Å². The van der Waals surface area contributed by atoms with E-state index in [0.717, 1.165) is 6.61 Å². The van der Waals surface area contributed by atoms with Gasteiger partial charge in [-0.1, -0.05) is 45.4 Å². The Kier molecular flexibility index (Phi) is 11.9. The Balaban J connectivity index is 2.92. The summed E-state index contributed by atoms with van der Waals surface area (Å²) in [4.78, 5) is 0. The molecule has 0 spiro atoms. The Hall–Kier alpha value is -0.0800. The number of hydrogen-bond acceptors (Lipinski definition) is 2. The molecular formula is C13H27O2. The van der Waals surface area contributed by atoms with Crippen molar-refractivity contribution in [2.24, 2.45) is 0 Å². The van der Waals surface area contributed by atoms with Gasteiger partial charge in [-0.2, -0.15) is 0 Å². The van der Waals surface area contributed by atoms with Gasteiger partial charge in [0.25, 0.3) is 0 Å². The van der Waals surface area contributed by atoms with E-state index in [4.69, 9.17) is 9.47 Å². The first-order valence-corrected chi connectivity index (χ1v) is 6.24. The van der Waals surface area contributed by atoms with E-state index in [1.165, 1.54) is 44.9 Å². The lowest BCUT2D eigenvalue weighted by Gasteiger charge is -2.09. The molecule has 2 heteroatoms.